The molecule has 25 heavy (non-hydrogen) atoms. The Labute approximate surface area is 147 Å². The average Bonchev–Trinajstić information content (AvgIpc) is 3.29. The lowest BCUT2D eigenvalue weighted by Crippen LogP contribution is -2.46. The summed E-state index contributed by atoms with van der Waals surface area (Å²) in [5, 5.41) is 8.46. The molecule has 0 aliphatic heterocycles. The summed E-state index contributed by atoms with van der Waals surface area (Å²) >= 11 is 0. The van der Waals surface area contributed by atoms with E-state index in [1.807, 2.05) is 52.1 Å². The van der Waals surface area contributed by atoms with Crippen LogP contribution in [0.15, 0.2) is 67.3 Å². The summed E-state index contributed by atoms with van der Waals surface area (Å²) in [6.45, 7) is 2.75. The Balaban J connectivity index is 1.64. The first-order chi connectivity index (χ1) is 12.2. The van der Waals surface area contributed by atoms with E-state index in [9.17, 15) is 0 Å². The van der Waals surface area contributed by atoms with Gasteiger partial charge < -0.3 is 16.4 Å². The van der Waals surface area contributed by atoms with Gasteiger partial charge in [0.1, 0.15) is 0 Å². The van der Waals surface area contributed by atoms with Gasteiger partial charge in [0.05, 0.1) is 13.1 Å². The van der Waals surface area contributed by atoms with Gasteiger partial charge in [0.25, 0.3) is 0 Å². The van der Waals surface area contributed by atoms with E-state index in [1.54, 1.807) is 12.4 Å². The van der Waals surface area contributed by atoms with Crippen molar-refractivity contribution in [3.8, 4) is 0 Å². The second-order valence-corrected chi connectivity index (χ2v) is 6.22. The minimum Gasteiger partial charge on any atom is -0.368 e. The van der Waals surface area contributed by atoms with Crippen molar-refractivity contribution >= 4 is 5.69 Å². The second kappa shape index (κ2) is 8.46. The standard InChI is InChI=1S/C18H25N7/c19-16(14-24-10-4-8-21-24)12-23(18-6-2-1-3-7-18)13-17(20)15-25-11-5-9-22-25/h1-11,16-17H,12-15,19-20H2. The molecule has 7 heteroatoms. The van der Waals surface area contributed by atoms with Gasteiger partial charge >= 0.3 is 0 Å². The summed E-state index contributed by atoms with van der Waals surface area (Å²) in [7, 11) is 0. The molecule has 0 saturated carbocycles. The second-order valence-electron chi connectivity index (χ2n) is 6.22. The molecule has 3 rings (SSSR count). The third-order valence-corrected chi connectivity index (χ3v) is 3.99. The van der Waals surface area contributed by atoms with Crippen molar-refractivity contribution in [1.29, 1.82) is 0 Å². The fourth-order valence-electron chi connectivity index (χ4n) is 2.90. The van der Waals surface area contributed by atoms with Crippen molar-refractivity contribution in [3.05, 3.63) is 67.3 Å². The van der Waals surface area contributed by atoms with Crippen molar-refractivity contribution in [2.45, 2.75) is 25.2 Å². The predicted octanol–water partition coefficient (Wildman–Crippen LogP) is 0.941. The van der Waals surface area contributed by atoms with Gasteiger partial charge in [0, 0.05) is 55.6 Å². The molecule has 132 valence electrons. The summed E-state index contributed by atoms with van der Waals surface area (Å²) in [4.78, 5) is 2.24. The Kier molecular flexibility index (Phi) is 5.81. The topological polar surface area (TPSA) is 90.9 Å². The van der Waals surface area contributed by atoms with E-state index in [1.165, 1.54) is 0 Å². The van der Waals surface area contributed by atoms with Crippen LogP contribution in [-0.2, 0) is 13.1 Å². The highest BCUT2D eigenvalue weighted by atomic mass is 15.3. The van der Waals surface area contributed by atoms with Crippen LogP contribution in [0.2, 0.25) is 0 Å². The lowest BCUT2D eigenvalue weighted by atomic mass is 10.2. The number of nitrogens with two attached hydrogens (primary N) is 2. The first-order valence-corrected chi connectivity index (χ1v) is 8.46. The van der Waals surface area contributed by atoms with Crippen molar-refractivity contribution in [2.24, 2.45) is 11.5 Å². The molecule has 0 fully saturated rings. The van der Waals surface area contributed by atoms with E-state index in [-0.39, 0.29) is 12.1 Å². The van der Waals surface area contributed by atoms with Crippen LogP contribution in [0.5, 0.6) is 0 Å². The van der Waals surface area contributed by atoms with E-state index >= 15 is 0 Å². The molecular formula is C18H25N7. The maximum absolute atomic E-state index is 6.35. The van der Waals surface area contributed by atoms with Crippen LogP contribution in [0.1, 0.15) is 0 Å². The zero-order valence-electron chi connectivity index (χ0n) is 14.2. The summed E-state index contributed by atoms with van der Waals surface area (Å²) in [5.74, 6) is 0. The smallest absolute Gasteiger partial charge is 0.0577 e. The number of nitrogens with zero attached hydrogens (tertiary/aromatic N) is 5. The largest absolute Gasteiger partial charge is 0.368 e. The molecule has 0 amide bonds. The first-order valence-electron chi connectivity index (χ1n) is 8.46. The number of hydrogen-bond acceptors (Lipinski definition) is 5. The number of para-hydroxylation sites is 1. The molecule has 1 aromatic carbocycles. The van der Waals surface area contributed by atoms with Crippen LogP contribution < -0.4 is 16.4 Å². The number of benzene rings is 1. The van der Waals surface area contributed by atoms with E-state index in [0.717, 1.165) is 5.69 Å². The normalized spacial score (nSPS) is 13.5. The highest BCUT2D eigenvalue weighted by molar-refractivity contribution is 5.46. The van der Waals surface area contributed by atoms with Crippen LogP contribution in [0.25, 0.3) is 0 Å². The fourth-order valence-corrected chi connectivity index (χ4v) is 2.90. The summed E-state index contributed by atoms with van der Waals surface area (Å²) < 4.78 is 3.72. The van der Waals surface area contributed by atoms with Gasteiger partial charge in [-0.3, -0.25) is 9.36 Å². The molecule has 2 heterocycles. The lowest BCUT2D eigenvalue weighted by molar-refractivity contribution is 0.470. The SMILES string of the molecule is NC(CN(CC(N)Cn1cccn1)c1ccccc1)Cn1cccn1. The number of aromatic nitrogens is 4. The van der Waals surface area contributed by atoms with Crippen molar-refractivity contribution in [3.63, 3.8) is 0 Å². The van der Waals surface area contributed by atoms with Gasteiger partial charge in [0.2, 0.25) is 0 Å². The van der Waals surface area contributed by atoms with Gasteiger partial charge in [0.15, 0.2) is 0 Å². The molecule has 0 aliphatic rings. The summed E-state index contributed by atoms with van der Waals surface area (Å²) in [6, 6.07) is 14.0. The Morgan fingerprint density at radius 2 is 1.32 bits per heavy atom. The van der Waals surface area contributed by atoms with E-state index in [0.29, 0.717) is 26.2 Å². The molecule has 0 saturated heterocycles. The van der Waals surface area contributed by atoms with E-state index in [2.05, 4.69) is 27.2 Å². The van der Waals surface area contributed by atoms with E-state index < -0.39 is 0 Å². The molecule has 7 nitrogen and oxygen atoms in total. The summed E-state index contributed by atoms with van der Waals surface area (Å²) in [6.07, 6.45) is 7.38. The Morgan fingerprint density at radius 3 is 1.76 bits per heavy atom. The van der Waals surface area contributed by atoms with Crippen LogP contribution >= 0.6 is 0 Å². The molecule has 0 radical (unpaired) electrons. The number of hydrogen-bond donors (Lipinski definition) is 2. The molecule has 0 spiro atoms. The molecular weight excluding hydrogens is 314 g/mol. The van der Waals surface area contributed by atoms with Gasteiger partial charge in [-0.2, -0.15) is 10.2 Å². The highest BCUT2D eigenvalue weighted by Crippen LogP contribution is 2.14. The molecule has 0 bridgehead atoms. The third-order valence-electron chi connectivity index (χ3n) is 3.99. The molecule has 2 aromatic heterocycles. The predicted molar refractivity (Wildman–Crippen MR) is 99.1 cm³/mol. The Hall–Kier alpha value is -2.64. The lowest BCUT2D eigenvalue weighted by Gasteiger charge is -2.30. The van der Waals surface area contributed by atoms with Gasteiger partial charge in [-0.25, -0.2) is 0 Å². The first kappa shape index (κ1) is 17.2. The van der Waals surface area contributed by atoms with Crippen LogP contribution in [0, 0.1) is 0 Å². The minimum absolute atomic E-state index is 0.0444. The van der Waals surface area contributed by atoms with Crippen molar-refractivity contribution < 1.29 is 0 Å². The van der Waals surface area contributed by atoms with E-state index in [4.69, 9.17) is 11.5 Å². The maximum Gasteiger partial charge on any atom is 0.0577 e. The van der Waals surface area contributed by atoms with Crippen LogP contribution in [-0.4, -0.2) is 44.7 Å². The zero-order valence-corrected chi connectivity index (χ0v) is 14.2. The van der Waals surface area contributed by atoms with Crippen molar-refractivity contribution in [1.82, 2.24) is 19.6 Å². The zero-order chi connectivity index (χ0) is 17.5. The minimum atomic E-state index is -0.0444. The molecule has 2 unspecified atom stereocenters. The van der Waals surface area contributed by atoms with Gasteiger partial charge in [-0.15, -0.1) is 0 Å². The molecule has 4 N–H and O–H groups in total. The fraction of sp³-hybridized carbons (Fsp3) is 0.333. The molecule has 0 aliphatic carbocycles. The monoisotopic (exact) mass is 339 g/mol. The summed E-state index contributed by atoms with van der Waals surface area (Å²) in [5.41, 5.74) is 13.8. The maximum atomic E-state index is 6.35. The molecule has 2 atom stereocenters. The number of anilines is 1. The quantitative estimate of drug-likeness (QED) is 0.605. The van der Waals surface area contributed by atoms with Crippen LogP contribution in [0.3, 0.4) is 0 Å². The Morgan fingerprint density at radius 1 is 0.800 bits per heavy atom. The van der Waals surface area contributed by atoms with Gasteiger partial charge in [-0.1, -0.05) is 18.2 Å². The third kappa shape index (κ3) is 5.17. The van der Waals surface area contributed by atoms with Gasteiger partial charge in [-0.05, 0) is 24.3 Å². The number of rotatable bonds is 9. The average molecular weight is 339 g/mol. The van der Waals surface area contributed by atoms with Crippen LogP contribution in [0.4, 0.5) is 5.69 Å². The van der Waals surface area contributed by atoms with Crippen molar-refractivity contribution in [2.75, 3.05) is 18.0 Å². The Bertz CT molecular complexity index is 665. The molecule has 3 aromatic rings. The highest BCUT2D eigenvalue weighted by Gasteiger charge is 2.16.